The molecule has 1 N–H and O–H groups in total. The van der Waals surface area contributed by atoms with Gasteiger partial charge in [0.15, 0.2) is 0 Å². The maximum atomic E-state index is 12.3. The predicted octanol–water partition coefficient (Wildman–Crippen LogP) is 4.83. The predicted molar refractivity (Wildman–Crippen MR) is 84.8 cm³/mol. The van der Waals surface area contributed by atoms with E-state index in [1.807, 2.05) is 58.0 Å². The van der Waals surface area contributed by atoms with Gasteiger partial charge >= 0.3 is 0 Å². The van der Waals surface area contributed by atoms with Gasteiger partial charge in [-0.05, 0) is 57.0 Å². The molecule has 0 fully saturated rings. The SMILES string of the molecule is Cc1cc(C)cc(C(=O)Nc2c(C)cc(C)cc2Cl)c1. The molecule has 0 atom stereocenters. The van der Waals surface area contributed by atoms with Gasteiger partial charge in [0.2, 0.25) is 0 Å². The van der Waals surface area contributed by atoms with E-state index < -0.39 is 0 Å². The maximum absolute atomic E-state index is 12.3. The van der Waals surface area contributed by atoms with Crippen LogP contribution in [0.4, 0.5) is 5.69 Å². The van der Waals surface area contributed by atoms with Crippen LogP contribution in [-0.2, 0) is 0 Å². The summed E-state index contributed by atoms with van der Waals surface area (Å²) in [5, 5.41) is 3.48. The Balaban J connectivity index is 2.32. The summed E-state index contributed by atoms with van der Waals surface area (Å²) < 4.78 is 0. The zero-order chi connectivity index (χ0) is 14.9. The Morgan fingerprint density at radius 1 is 0.900 bits per heavy atom. The second-order valence-corrected chi connectivity index (χ2v) is 5.68. The molecule has 0 saturated heterocycles. The second-order valence-electron chi connectivity index (χ2n) is 5.27. The number of hydrogen-bond acceptors (Lipinski definition) is 1. The lowest BCUT2D eigenvalue weighted by Gasteiger charge is -2.12. The number of carbonyl (C=O) groups is 1. The highest BCUT2D eigenvalue weighted by atomic mass is 35.5. The average Bonchev–Trinajstić information content (AvgIpc) is 2.32. The molecular formula is C17H18ClNO. The molecule has 0 aliphatic rings. The Bertz CT molecular complexity index is 633. The van der Waals surface area contributed by atoms with Crippen molar-refractivity contribution >= 4 is 23.2 Å². The fraction of sp³-hybridized carbons (Fsp3) is 0.235. The summed E-state index contributed by atoms with van der Waals surface area (Å²) in [7, 11) is 0. The zero-order valence-corrected chi connectivity index (χ0v) is 12.9. The van der Waals surface area contributed by atoms with Gasteiger partial charge in [-0.15, -0.1) is 0 Å². The number of halogens is 1. The fourth-order valence-corrected chi connectivity index (χ4v) is 2.73. The Labute approximate surface area is 124 Å². The first-order valence-electron chi connectivity index (χ1n) is 6.53. The molecule has 0 aliphatic heterocycles. The molecule has 0 saturated carbocycles. The number of rotatable bonds is 2. The summed E-state index contributed by atoms with van der Waals surface area (Å²) >= 11 is 6.21. The first kappa shape index (κ1) is 14.6. The molecule has 20 heavy (non-hydrogen) atoms. The van der Waals surface area contributed by atoms with Crippen LogP contribution in [0.2, 0.25) is 5.02 Å². The van der Waals surface area contributed by atoms with Crippen LogP contribution in [0.25, 0.3) is 0 Å². The number of aryl methyl sites for hydroxylation is 4. The van der Waals surface area contributed by atoms with Crippen molar-refractivity contribution in [2.45, 2.75) is 27.7 Å². The van der Waals surface area contributed by atoms with E-state index in [1.165, 1.54) is 0 Å². The summed E-state index contributed by atoms with van der Waals surface area (Å²) in [5.41, 5.74) is 5.52. The molecule has 0 unspecified atom stereocenters. The van der Waals surface area contributed by atoms with Gasteiger partial charge in [0.05, 0.1) is 10.7 Å². The van der Waals surface area contributed by atoms with E-state index in [4.69, 9.17) is 11.6 Å². The standard InChI is InChI=1S/C17H18ClNO/c1-10-5-11(2)8-14(7-10)17(20)19-16-13(4)6-12(3)9-15(16)18/h5-9H,1-4H3,(H,19,20). The van der Waals surface area contributed by atoms with E-state index in [1.54, 1.807) is 0 Å². The van der Waals surface area contributed by atoms with Gasteiger partial charge in [-0.1, -0.05) is 34.9 Å². The highest BCUT2D eigenvalue weighted by Gasteiger charge is 2.11. The monoisotopic (exact) mass is 287 g/mol. The average molecular weight is 288 g/mol. The van der Waals surface area contributed by atoms with Crippen LogP contribution < -0.4 is 5.32 Å². The van der Waals surface area contributed by atoms with Crippen molar-refractivity contribution in [1.29, 1.82) is 0 Å². The summed E-state index contributed by atoms with van der Waals surface area (Å²) in [6.07, 6.45) is 0. The Morgan fingerprint density at radius 2 is 1.45 bits per heavy atom. The quantitative estimate of drug-likeness (QED) is 0.842. The van der Waals surface area contributed by atoms with E-state index in [0.717, 1.165) is 22.3 Å². The molecule has 104 valence electrons. The molecule has 0 radical (unpaired) electrons. The van der Waals surface area contributed by atoms with Crippen LogP contribution in [0, 0.1) is 27.7 Å². The van der Waals surface area contributed by atoms with E-state index in [9.17, 15) is 4.79 Å². The van der Waals surface area contributed by atoms with Gasteiger partial charge in [0.1, 0.15) is 0 Å². The molecule has 0 heterocycles. The van der Waals surface area contributed by atoms with Gasteiger partial charge < -0.3 is 5.32 Å². The number of benzene rings is 2. The van der Waals surface area contributed by atoms with Crippen LogP contribution in [0.3, 0.4) is 0 Å². The number of amides is 1. The molecule has 1 amide bonds. The van der Waals surface area contributed by atoms with Gasteiger partial charge in [-0.3, -0.25) is 4.79 Å². The molecule has 0 bridgehead atoms. The molecule has 0 spiro atoms. The van der Waals surface area contributed by atoms with Crippen LogP contribution in [0.15, 0.2) is 30.3 Å². The third kappa shape index (κ3) is 3.20. The molecule has 2 aromatic carbocycles. The number of nitrogens with one attached hydrogen (secondary N) is 1. The number of hydrogen-bond donors (Lipinski definition) is 1. The normalized spacial score (nSPS) is 10.4. The molecule has 2 rings (SSSR count). The van der Waals surface area contributed by atoms with Gasteiger partial charge in [0, 0.05) is 5.56 Å². The molecule has 3 heteroatoms. The van der Waals surface area contributed by atoms with Crippen molar-refractivity contribution in [3.05, 3.63) is 63.2 Å². The van der Waals surface area contributed by atoms with Crippen molar-refractivity contribution < 1.29 is 4.79 Å². The number of carbonyl (C=O) groups excluding carboxylic acids is 1. The zero-order valence-electron chi connectivity index (χ0n) is 12.2. The van der Waals surface area contributed by atoms with Crippen LogP contribution in [-0.4, -0.2) is 5.91 Å². The largest absolute Gasteiger partial charge is 0.320 e. The van der Waals surface area contributed by atoms with Gasteiger partial charge in [-0.2, -0.15) is 0 Å². The van der Waals surface area contributed by atoms with Gasteiger partial charge in [0.25, 0.3) is 5.91 Å². The van der Waals surface area contributed by atoms with Crippen molar-refractivity contribution in [1.82, 2.24) is 0 Å². The lowest BCUT2D eigenvalue weighted by Crippen LogP contribution is -2.13. The minimum Gasteiger partial charge on any atom is -0.320 e. The Hall–Kier alpha value is -1.80. The van der Waals surface area contributed by atoms with Crippen molar-refractivity contribution in [3.63, 3.8) is 0 Å². The Morgan fingerprint density at radius 3 is 2.00 bits per heavy atom. The molecule has 0 aliphatic carbocycles. The Kier molecular flexibility index (Phi) is 4.15. The minimum atomic E-state index is -0.134. The van der Waals surface area contributed by atoms with Crippen molar-refractivity contribution in [3.8, 4) is 0 Å². The maximum Gasteiger partial charge on any atom is 0.255 e. The van der Waals surface area contributed by atoms with E-state index in [-0.39, 0.29) is 5.91 Å². The number of anilines is 1. The minimum absolute atomic E-state index is 0.134. The first-order chi connectivity index (χ1) is 9.36. The fourth-order valence-electron chi connectivity index (χ4n) is 2.37. The third-order valence-corrected chi connectivity index (χ3v) is 3.45. The third-order valence-electron chi connectivity index (χ3n) is 3.15. The topological polar surface area (TPSA) is 29.1 Å². The summed E-state index contributed by atoms with van der Waals surface area (Å²) in [6.45, 7) is 7.88. The first-order valence-corrected chi connectivity index (χ1v) is 6.91. The smallest absolute Gasteiger partial charge is 0.255 e. The van der Waals surface area contributed by atoms with Crippen LogP contribution in [0.1, 0.15) is 32.6 Å². The van der Waals surface area contributed by atoms with Crippen molar-refractivity contribution in [2.24, 2.45) is 0 Å². The van der Waals surface area contributed by atoms with E-state index in [2.05, 4.69) is 5.32 Å². The summed E-state index contributed by atoms with van der Waals surface area (Å²) in [6, 6.07) is 9.65. The van der Waals surface area contributed by atoms with Crippen molar-refractivity contribution in [2.75, 3.05) is 5.32 Å². The van der Waals surface area contributed by atoms with Crippen LogP contribution >= 0.6 is 11.6 Å². The van der Waals surface area contributed by atoms with E-state index >= 15 is 0 Å². The van der Waals surface area contributed by atoms with Gasteiger partial charge in [-0.25, -0.2) is 0 Å². The molecule has 0 aromatic heterocycles. The molecular weight excluding hydrogens is 270 g/mol. The molecule has 2 aromatic rings. The lowest BCUT2D eigenvalue weighted by molar-refractivity contribution is 0.102. The molecule has 2 nitrogen and oxygen atoms in total. The lowest BCUT2D eigenvalue weighted by atomic mass is 10.1. The highest BCUT2D eigenvalue weighted by molar-refractivity contribution is 6.34. The van der Waals surface area contributed by atoms with E-state index in [0.29, 0.717) is 16.3 Å². The second kappa shape index (κ2) is 5.68. The summed E-state index contributed by atoms with van der Waals surface area (Å²) in [4.78, 5) is 12.3. The van der Waals surface area contributed by atoms with Crippen LogP contribution in [0.5, 0.6) is 0 Å². The summed E-state index contributed by atoms with van der Waals surface area (Å²) in [5.74, 6) is -0.134. The highest BCUT2D eigenvalue weighted by Crippen LogP contribution is 2.27.